The number of carbonyl (C=O) groups is 1. The molecule has 0 aromatic carbocycles. The summed E-state index contributed by atoms with van der Waals surface area (Å²) in [6.45, 7) is 1.94. The number of carbonyl (C=O) groups excluding carboxylic acids is 1. The molecule has 1 amide bonds. The van der Waals surface area contributed by atoms with Crippen LogP contribution >= 0.6 is 0 Å². The van der Waals surface area contributed by atoms with Gasteiger partial charge in [0.25, 0.3) is 0 Å². The van der Waals surface area contributed by atoms with Gasteiger partial charge in [-0.3, -0.25) is 9.48 Å². The zero-order valence-electron chi connectivity index (χ0n) is 14.2. The summed E-state index contributed by atoms with van der Waals surface area (Å²) < 4.78 is 1.70. The Morgan fingerprint density at radius 1 is 1.32 bits per heavy atom. The lowest BCUT2D eigenvalue weighted by Crippen LogP contribution is -2.41. The van der Waals surface area contributed by atoms with Gasteiger partial charge in [-0.15, -0.1) is 0 Å². The summed E-state index contributed by atoms with van der Waals surface area (Å²) in [6.07, 6.45) is 10.6. The normalized spacial score (nSPS) is 26.8. The zero-order valence-corrected chi connectivity index (χ0v) is 14.2. The highest BCUT2D eigenvalue weighted by Gasteiger charge is 2.47. The van der Waals surface area contributed by atoms with Gasteiger partial charge >= 0.3 is 0 Å². The van der Waals surface area contributed by atoms with E-state index in [0.717, 1.165) is 23.5 Å². The van der Waals surface area contributed by atoms with Crippen LogP contribution in [-0.2, 0) is 11.8 Å². The number of aryl methyl sites for hydroxylation is 2. The van der Waals surface area contributed by atoms with Crippen LogP contribution in [0.25, 0.3) is 0 Å². The van der Waals surface area contributed by atoms with Gasteiger partial charge in [-0.05, 0) is 25.2 Å². The number of anilines is 3. The summed E-state index contributed by atoms with van der Waals surface area (Å²) in [5.74, 6) is 1.30. The molecule has 2 aliphatic carbocycles. The number of allylic oxidation sites excluding steroid dienone is 1. The van der Waals surface area contributed by atoms with Crippen molar-refractivity contribution >= 4 is 23.4 Å². The number of aromatic nitrogens is 4. The highest BCUT2D eigenvalue weighted by molar-refractivity contribution is 5.79. The Morgan fingerprint density at radius 3 is 2.84 bits per heavy atom. The molecule has 0 unspecified atom stereocenters. The van der Waals surface area contributed by atoms with Crippen LogP contribution in [0.2, 0.25) is 0 Å². The molecule has 25 heavy (non-hydrogen) atoms. The SMILES string of the molecule is Cc1cnc(Nc2cnn(C)c2)nc1N[C@H]1[C@@H](C(N)=O)[C@@H]2C=C[C@H]1C2. The van der Waals surface area contributed by atoms with E-state index in [0.29, 0.717) is 11.9 Å². The monoisotopic (exact) mass is 339 g/mol. The van der Waals surface area contributed by atoms with Crippen LogP contribution < -0.4 is 16.4 Å². The van der Waals surface area contributed by atoms with E-state index in [1.807, 2.05) is 20.2 Å². The van der Waals surface area contributed by atoms with Crippen LogP contribution in [0.1, 0.15) is 12.0 Å². The largest absolute Gasteiger partial charge is 0.369 e. The molecule has 1 saturated carbocycles. The maximum absolute atomic E-state index is 11.9. The quantitative estimate of drug-likeness (QED) is 0.709. The van der Waals surface area contributed by atoms with Crippen molar-refractivity contribution in [3.63, 3.8) is 0 Å². The first-order valence-electron chi connectivity index (χ1n) is 8.35. The number of hydrogen-bond donors (Lipinski definition) is 3. The molecule has 2 aromatic rings. The molecule has 4 N–H and O–H groups in total. The van der Waals surface area contributed by atoms with Gasteiger partial charge < -0.3 is 16.4 Å². The van der Waals surface area contributed by atoms with Gasteiger partial charge in [0.05, 0.1) is 17.8 Å². The van der Waals surface area contributed by atoms with Gasteiger partial charge in [0.1, 0.15) is 5.82 Å². The number of nitrogens with two attached hydrogens (primary N) is 1. The summed E-state index contributed by atoms with van der Waals surface area (Å²) in [5, 5.41) is 10.7. The van der Waals surface area contributed by atoms with Crippen LogP contribution in [0.5, 0.6) is 0 Å². The van der Waals surface area contributed by atoms with Gasteiger partial charge in [0.15, 0.2) is 0 Å². The molecule has 1 fully saturated rings. The van der Waals surface area contributed by atoms with Crippen LogP contribution in [0.3, 0.4) is 0 Å². The van der Waals surface area contributed by atoms with E-state index in [4.69, 9.17) is 5.73 Å². The van der Waals surface area contributed by atoms with Crippen molar-refractivity contribution in [2.75, 3.05) is 10.6 Å². The number of fused-ring (bicyclic) bond motifs is 2. The van der Waals surface area contributed by atoms with Crippen molar-refractivity contribution in [1.29, 1.82) is 0 Å². The lowest BCUT2D eigenvalue weighted by atomic mass is 9.88. The van der Waals surface area contributed by atoms with Gasteiger partial charge in [-0.2, -0.15) is 10.1 Å². The molecule has 2 bridgehead atoms. The number of amides is 1. The second kappa shape index (κ2) is 5.87. The molecule has 0 spiro atoms. The summed E-state index contributed by atoms with van der Waals surface area (Å²) in [6, 6.07) is -0.0210. The molecule has 130 valence electrons. The van der Waals surface area contributed by atoms with E-state index >= 15 is 0 Å². The molecule has 8 nitrogen and oxygen atoms in total. The van der Waals surface area contributed by atoms with Crippen molar-refractivity contribution in [2.24, 2.45) is 30.5 Å². The molecule has 0 aliphatic heterocycles. The van der Waals surface area contributed by atoms with E-state index in [-0.39, 0.29) is 23.8 Å². The fourth-order valence-electron chi connectivity index (χ4n) is 3.83. The third-order valence-electron chi connectivity index (χ3n) is 5.02. The first-order valence-corrected chi connectivity index (χ1v) is 8.35. The number of nitrogens with one attached hydrogen (secondary N) is 2. The van der Waals surface area contributed by atoms with Gasteiger partial charge in [-0.1, -0.05) is 12.2 Å². The molecule has 2 aromatic heterocycles. The maximum atomic E-state index is 11.9. The predicted molar refractivity (Wildman–Crippen MR) is 94.1 cm³/mol. The average molecular weight is 339 g/mol. The molecule has 0 radical (unpaired) electrons. The Morgan fingerprint density at radius 2 is 2.12 bits per heavy atom. The average Bonchev–Trinajstić information content (AvgIpc) is 3.26. The summed E-state index contributed by atoms with van der Waals surface area (Å²) in [7, 11) is 1.85. The summed E-state index contributed by atoms with van der Waals surface area (Å²) >= 11 is 0. The molecule has 2 heterocycles. The topological polar surface area (TPSA) is 111 Å². The number of hydrogen-bond acceptors (Lipinski definition) is 6. The molecule has 4 rings (SSSR count). The fourth-order valence-corrected chi connectivity index (χ4v) is 3.83. The molecular formula is C17H21N7O. The summed E-state index contributed by atoms with van der Waals surface area (Å²) in [5.41, 5.74) is 7.37. The Hall–Kier alpha value is -2.90. The highest BCUT2D eigenvalue weighted by atomic mass is 16.1. The second-order valence-corrected chi connectivity index (χ2v) is 6.80. The van der Waals surface area contributed by atoms with E-state index in [2.05, 4.69) is 37.9 Å². The third-order valence-corrected chi connectivity index (χ3v) is 5.02. The fraction of sp³-hybridized carbons (Fsp3) is 0.412. The van der Waals surface area contributed by atoms with Gasteiger partial charge in [0, 0.05) is 31.0 Å². The predicted octanol–water partition coefficient (Wildman–Crippen LogP) is 1.35. The van der Waals surface area contributed by atoms with Crippen molar-refractivity contribution < 1.29 is 4.79 Å². The number of rotatable bonds is 5. The third kappa shape index (κ3) is 2.84. The van der Waals surface area contributed by atoms with Crippen LogP contribution in [0, 0.1) is 24.7 Å². The molecular weight excluding hydrogens is 318 g/mol. The Labute approximate surface area is 145 Å². The smallest absolute Gasteiger partial charge is 0.229 e. The van der Waals surface area contributed by atoms with Crippen molar-refractivity contribution in [1.82, 2.24) is 19.7 Å². The highest BCUT2D eigenvalue weighted by Crippen LogP contribution is 2.44. The van der Waals surface area contributed by atoms with Crippen molar-refractivity contribution in [3.05, 3.63) is 36.3 Å². The van der Waals surface area contributed by atoms with E-state index in [1.54, 1.807) is 17.1 Å². The summed E-state index contributed by atoms with van der Waals surface area (Å²) in [4.78, 5) is 20.8. The maximum Gasteiger partial charge on any atom is 0.229 e. The van der Waals surface area contributed by atoms with Crippen LogP contribution in [0.15, 0.2) is 30.7 Å². The molecule has 0 saturated heterocycles. The van der Waals surface area contributed by atoms with Crippen LogP contribution in [-0.4, -0.2) is 31.7 Å². The number of nitrogens with zero attached hydrogens (tertiary/aromatic N) is 4. The minimum Gasteiger partial charge on any atom is -0.369 e. The van der Waals surface area contributed by atoms with Gasteiger partial charge in [0.2, 0.25) is 11.9 Å². The minimum atomic E-state index is -0.255. The standard InChI is InChI=1S/C17H21N7O/c1-9-6-19-17(21-12-7-20-24(2)8-12)23-16(9)22-14-11-4-3-10(5-11)13(14)15(18)25/h3-4,6-8,10-11,13-14H,5H2,1-2H3,(H2,18,25)(H2,19,21,22,23)/t10-,11+,13+,14-/m1/s1. The molecule has 8 heteroatoms. The van der Waals surface area contributed by atoms with E-state index < -0.39 is 0 Å². The Balaban J connectivity index is 1.57. The van der Waals surface area contributed by atoms with Gasteiger partial charge in [-0.25, -0.2) is 4.98 Å². The van der Waals surface area contributed by atoms with E-state index in [9.17, 15) is 4.79 Å². The zero-order chi connectivity index (χ0) is 17.6. The van der Waals surface area contributed by atoms with Crippen molar-refractivity contribution in [3.8, 4) is 0 Å². The first-order chi connectivity index (χ1) is 12.0. The number of primary amides is 1. The minimum absolute atomic E-state index is 0.0210. The van der Waals surface area contributed by atoms with E-state index in [1.165, 1.54) is 0 Å². The lowest BCUT2D eigenvalue weighted by Gasteiger charge is -2.27. The van der Waals surface area contributed by atoms with Crippen LogP contribution in [0.4, 0.5) is 17.5 Å². The lowest BCUT2D eigenvalue weighted by molar-refractivity contribution is -0.122. The first kappa shape index (κ1) is 15.6. The Bertz CT molecular complexity index is 843. The van der Waals surface area contributed by atoms with Crippen molar-refractivity contribution in [2.45, 2.75) is 19.4 Å². The molecule has 2 aliphatic rings. The molecule has 4 atom stereocenters. The second-order valence-electron chi connectivity index (χ2n) is 6.80. The Kier molecular flexibility index (Phi) is 3.67.